The Kier molecular flexibility index (Phi) is 5.44. The van der Waals surface area contributed by atoms with Crippen molar-refractivity contribution in [1.29, 1.82) is 0 Å². The minimum Gasteiger partial charge on any atom is -0.377 e. The summed E-state index contributed by atoms with van der Waals surface area (Å²) in [6, 6.07) is 2.55. The van der Waals surface area contributed by atoms with E-state index in [-0.39, 0.29) is 5.60 Å². The number of aromatic nitrogens is 2. The maximum atomic E-state index is 6.07. The standard InChI is InChI=1S/C17H31N3O/c1-6-18-16(12-15-11-14(3)19-20(15)4)17(21-5)9-7-13(2)8-10-17/h11,13,16,18H,6-10,12H2,1-5H3. The highest BCUT2D eigenvalue weighted by Gasteiger charge is 2.41. The summed E-state index contributed by atoms with van der Waals surface area (Å²) in [5, 5.41) is 8.16. The number of aryl methyl sites for hydroxylation is 2. The van der Waals surface area contributed by atoms with Crippen molar-refractivity contribution in [2.24, 2.45) is 13.0 Å². The first-order chi connectivity index (χ1) is 10.0. The fourth-order valence-corrected chi connectivity index (χ4v) is 3.70. The molecule has 1 unspecified atom stereocenters. The molecule has 1 saturated carbocycles. The molecule has 0 spiro atoms. The summed E-state index contributed by atoms with van der Waals surface area (Å²) in [7, 11) is 3.92. The molecule has 1 aliphatic rings. The van der Waals surface area contributed by atoms with E-state index in [0.717, 1.165) is 37.4 Å². The molecule has 4 nitrogen and oxygen atoms in total. The average Bonchev–Trinajstić information content (AvgIpc) is 2.78. The number of hydrogen-bond acceptors (Lipinski definition) is 3. The van der Waals surface area contributed by atoms with E-state index in [2.05, 4.69) is 37.3 Å². The highest BCUT2D eigenvalue weighted by molar-refractivity contribution is 5.12. The molecule has 0 radical (unpaired) electrons. The number of methoxy groups -OCH3 is 1. The van der Waals surface area contributed by atoms with Gasteiger partial charge in [-0.3, -0.25) is 4.68 Å². The fourth-order valence-electron chi connectivity index (χ4n) is 3.70. The van der Waals surface area contributed by atoms with Crippen LogP contribution in [0.5, 0.6) is 0 Å². The smallest absolute Gasteiger partial charge is 0.0835 e. The molecule has 1 aliphatic carbocycles. The number of nitrogens with zero attached hydrogens (tertiary/aromatic N) is 2. The van der Waals surface area contributed by atoms with Gasteiger partial charge in [-0.1, -0.05) is 13.8 Å². The Morgan fingerprint density at radius 1 is 1.48 bits per heavy atom. The van der Waals surface area contributed by atoms with Gasteiger partial charge in [0.15, 0.2) is 0 Å². The topological polar surface area (TPSA) is 39.1 Å². The normalized spacial score (nSPS) is 27.8. The molecule has 21 heavy (non-hydrogen) atoms. The van der Waals surface area contributed by atoms with Gasteiger partial charge in [0.1, 0.15) is 0 Å². The van der Waals surface area contributed by atoms with Crippen LogP contribution in [0.2, 0.25) is 0 Å². The Bertz CT molecular complexity index is 447. The Balaban J connectivity index is 2.18. The predicted octanol–water partition coefficient (Wildman–Crippen LogP) is 2.84. The van der Waals surface area contributed by atoms with Crippen LogP contribution in [0.15, 0.2) is 6.07 Å². The molecular weight excluding hydrogens is 262 g/mol. The quantitative estimate of drug-likeness (QED) is 0.876. The van der Waals surface area contributed by atoms with Gasteiger partial charge in [0.25, 0.3) is 0 Å². The molecule has 4 heteroatoms. The lowest BCUT2D eigenvalue weighted by Crippen LogP contribution is -2.55. The van der Waals surface area contributed by atoms with E-state index in [1.165, 1.54) is 18.5 Å². The van der Waals surface area contributed by atoms with E-state index in [9.17, 15) is 0 Å². The molecule has 1 aromatic rings. The van der Waals surface area contributed by atoms with E-state index < -0.39 is 0 Å². The molecule has 2 rings (SSSR count). The SMILES string of the molecule is CCNC(Cc1cc(C)nn1C)C1(OC)CCC(C)CC1. The van der Waals surface area contributed by atoms with Gasteiger partial charge >= 0.3 is 0 Å². The Morgan fingerprint density at radius 3 is 2.62 bits per heavy atom. The van der Waals surface area contributed by atoms with Gasteiger partial charge in [-0.05, 0) is 51.1 Å². The Morgan fingerprint density at radius 2 is 2.14 bits per heavy atom. The van der Waals surface area contributed by atoms with Crippen LogP contribution in [0.4, 0.5) is 0 Å². The van der Waals surface area contributed by atoms with Crippen molar-refractivity contribution < 1.29 is 4.74 Å². The predicted molar refractivity (Wildman–Crippen MR) is 86.5 cm³/mol. The van der Waals surface area contributed by atoms with Crippen LogP contribution >= 0.6 is 0 Å². The lowest BCUT2D eigenvalue weighted by molar-refractivity contribution is -0.0745. The minimum absolute atomic E-state index is 0.0271. The number of ether oxygens (including phenoxy) is 1. The maximum Gasteiger partial charge on any atom is 0.0835 e. The summed E-state index contributed by atoms with van der Waals surface area (Å²) in [6.07, 6.45) is 5.81. The van der Waals surface area contributed by atoms with Gasteiger partial charge in [0.2, 0.25) is 0 Å². The van der Waals surface area contributed by atoms with Crippen LogP contribution < -0.4 is 5.32 Å². The summed E-state index contributed by atoms with van der Waals surface area (Å²) in [5.74, 6) is 0.828. The van der Waals surface area contributed by atoms with Crippen molar-refractivity contribution in [2.45, 2.75) is 64.5 Å². The summed E-state index contributed by atoms with van der Waals surface area (Å²) in [6.45, 7) is 7.56. The summed E-state index contributed by atoms with van der Waals surface area (Å²) in [5.41, 5.74) is 2.35. The number of likely N-dealkylation sites (N-methyl/N-ethyl adjacent to an activating group) is 1. The van der Waals surface area contributed by atoms with Gasteiger partial charge in [0, 0.05) is 32.3 Å². The van der Waals surface area contributed by atoms with Crippen LogP contribution in [-0.4, -0.2) is 35.1 Å². The zero-order valence-electron chi connectivity index (χ0n) is 14.3. The van der Waals surface area contributed by atoms with E-state index in [4.69, 9.17) is 4.74 Å². The van der Waals surface area contributed by atoms with Crippen LogP contribution in [0, 0.1) is 12.8 Å². The molecule has 0 bridgehead atoms. The number of hydrogen-bond donors (Lipinski definition) is 1. The van der Waals surface area contributed by atoms with Gasteiger partial charge in [-0.25, -0.2) is 0 Å². The fraction of sp³-hybridized carbons (Fsp3) is 0.824. The molecule has 0 aliphatic heterocycles. The molecule has 0 saturated heterocycles. The zero-order chi connectivity index (χ0) is 15.5. The van der Waals surface area contributed by atoms with Crippen LogP contribution in [0.3, 0.4) is 0 Å². The lowest BCUT2D eigenvalue weighted by atomic mass is 9.74. The summed E-state index contributed by atoms with van der Waals surface area (Å²) in [4.78, 5) is 0. The molecule has 1 fully saturated rings. The van der Waals surface area contributed by atoms with Crippen LogP contribution in [0.1, 0.15) is 50.9 Å². The second-order valence-electron chi connectivity index (χ2n) is 6.67. The van der Waals surface area contributed by atoms with E-state index in [0.29, 0.717) is 6.04 Å². The van der Waals surface area contributed by atoms with Gasteiger partial charge in [-0.2, -0.15) is 5.10 Å². The Labute approximate surface area is 129 Å². The Hall–Kier alpha value is -0.870. The van der Waals surface area contributed by atoms with Crippen molar-refractivity contribution in [3.05, 3.63) is 17.5 Å². The van der Waals surface area contributed by atoms with Gasteiger partial charge < -0.3 is 10.1 Å². The summed E-state index contributed by atoms with van der Waals surface area (Å²) >= 11 is 0. The van der Waals surface area contributed by atoms with E-state index >= 15 is 0 Å². The third kappa shape index (κ3) is 3.67. The first-order valence-corrected chi connectivity index (χ1v) is 8.28. The molecule has 1 N–H and O–H groups in total. The first kappa shape index (κ1) is 16.5. The highest BCUT2D eigenvalue weighted by Crippen LogP contribution is 2.37. The number of nitrogens with one attached hydrogen (secondary N) is 1. The molecule has 1 heterocycles. The maximum absolute atomic E-state index is 6.07. The van der Waals surface area contributed by atoms with Crippen molar-refractivity contribution in [1.82, 2.24) is 15.1 Å². The van der Waals surface area contributed by atoms with Crippen LogP contribution in [-0.2, 0) is 18.2 Å². The third-order valence-electron chi connectivity index (χ3n) is 5.12. The second-order valence-corrected chi connectivity index (χ2v) is 6.67. The molecule has 0 aromatic carbocycles. The average molecular weight is 293 g/mol. The molecule has 1 atom stereocenters. The molecule has 1 aromatic heterocycles. The van der Waals surface area contributed by atoms with E-state index in [1.807, 2.05) is 18.8 Å². The molecular formula is C17H31N3O. The van der Waals surface area contributed by atoms with Crippen LogP contribution in [0.25, 0.3) is 0 Å². The second kappa shape index (κ2) is 6.93. The van der Waals surface area contributed by atoms with Gasteiger partial charge in [-0.15, -0.1) is 0 Å². The molecule has 0 amide bonds. The largest absolute Gasteiger partial charge is 0.377 e. The van der Waals surface area contributed by atoms with Crippen molar-refractivity contribution in [3.63, 3.8) is 0 Å². The van der Waals surface area contributed by atoms with E-state index in [1.54, 1.807) is 0 Å². The molecule has 120 valence electrons. The number of rotatable bonds is 6. The monoisotopic (exact) mass is 293 g/mol. The van der Waals surface area contributed by atoms with Crippen molar-refractivity contribution in [2.75, 3.05) is 13.7 Å². The zero-order valence-corrected chi connectivity index (χ0v) is 14.3. The lowest BCUT2D eigenvalue weighted by Gasteiger charge is -2.44. The van der Waals surface area contributed by atoms with Crippen molar-refractivity contribution >= 4 is 0 Å². The van der Waals surface area contributed by atoms with Gasteiger partial charge in [0.05, 0.1) is 11.3 Å². The first-order valence-electron chi connectivity index (χ1n) is 8.28. The summed E-state index contributed by atoms with van der Waals surface area (Å²) < 4.78 is 8.08. The minimum atomic E-state index is -0.0271. The highest BCUT2D eigenvalue weighted by atomic mass is 16.5. The van der Waals surface area contributed by atoms with Crippen molar-refractivity contribution in [3.8, 4) is 0 Å². The third-order valence-corrected chi connectivity index (χ3v) is 5.12.